The van der Waals surface area contributed by atoms with E-state index < -0.39 is 5.91 Å². The molecule has 0 atom stereocenters. The van der Waals surface area contributed by atoms with Gasteiger partial charge in [-0.2, -0.15) is 0 Å². The van der Waals surface area contributed by atoms with Crippen LogP contribution in [-0.2, 0) is 6.54 Å². The average Bonchev–Trinajstić information content (AvgIpc) is 2.39. The molecule has 19 heavy (non-hydrogen) atoms. The first-order chi connectivity index (χ1) is 9.08. The molecule has 0 saturated carbocycles. The van der Waals surface area contributed by atoms with Gasteiger partial charge in [-0.15, -0.1) is 0 Å². The highest BCUT2D eigenvalue weighted by Crippen LogP contribution is 2.24. The third kappa shape index (κ3) is 3.49. The molecule has 0 unspecified atom stereocenters. The van der Waals surface area contributed by atoms with Crippen LogP contribution >= 0.6 is 27.5 Å². The second kappa shape index (κ2) is 6.08. The molecule has 0 saturated heterocycles. The van der Waals surface area contributed by atoms with Crippen molar-refractivity contribution in [1.29, 1.82) is 0 Å². The standard InChI is InChI=1S/C14H12BrClN2O/c15-11-3-1-2-4-13(11)18-8-10-6-5-9(14(17)19)7-12(10)16/h1-7,18H,8H2,(H2,17,19). The van der Waals surface area contributed by atoms with Gasteiger partial charge in [-0.05, 0) is 45.8 Å². The Kier molecular flexibility index (Phi) is 4.45. The second-order valence-corrected chi connectivity index (χ2v) is 5.27. The number of hydrogen-bond acceptors (Lipinski definition) is 2. The molecule has 0 spiro atoms. The lowest BCUT2D eigenvalue weighted by Gasteiger charge is -2.10. The van der Waals surface area contributed by atoms with Crippen LogP contribution in [0.2, 0.25) is 5.02 Å². The highest BCUT2D eigenvalue weighted by atomic mass is 79.9. The maximum absolute atomic E-state index is 11.0. The summed E-state index contributed by atoms with van der Waals surface area (Å²) < 4.78 is 0.986. The van der Waals surface area contributed by atoms with Gasteiger partial charge >= 0.3 is 0 Å². The van der Waals surface area contributed by atoms with Crippen molar-refractivity contribution in [1.82, 2.24) is 0 Å². The van der Waals surface area contributed by atoms with Crippen LogP contribution in [0, 0.1) is 0 Å². The van der Waals surface area contributed by atoms with Gasteiger partial charge in [0.25, 0.3) is 0 Å². The summed E-state index contributed by atoms with van der Waals surface area (Å²) in [6.45, 7) is 0.570. The predicted molar refractivity (Wildman–Crippen MR) is 81.4 cm³/mol. The van der Waals surface area contributed by atoms with Gasteiger partial charge in [-0.3, -0.25) is 4.79 Å². The number of carbonyl (C=O) groups is 1. The summed E-state index contributed by atoms with van der Waals surface area (Å²) in [5.41, 5.74) is 7.50. The lowest BCUT2D eigenvalue weighted by Crippen LogP contribution is -2.11. The number of para-hydroxylation sites is 1. The van der Waals surface area contributed by atoms with Crippen molar-refractivity contribution < 1.29 is 4.79 Å². The molecule has 0 aliphatic rings. The number of amides is 1. The number of benzene rings is 2. The molecule has 0 aliphatic heterocycles. The first-order valence-electron chi connectivity index (χ1n) is 5.64. The van der Waals surface area contributed by atoms with Crippen LogP contribution in [0.25, 0.3) is 0 Å². The molecular weight excluding hydrogens is 328 g/mol. The van der Waals surface area contributed by atoms with Crippen molar-refractivity contribution in [2.24, 2.45) is 5.73 Å². The molecule has 3 N–H and O–H groups in total. The lowest BCUT2D eigenvalue weighted by atomic mass is 10.1. The van der Waals surface area contributed by atoms with E-state index in [-0.39, 0.29) is 0 Å². The topological polar surface area (TPSA) is 55.1 Å². The molecule has 0 aromatic heterocycles. The Morgan fingerprint density at radius 1 is 1.26 bits per heavy atom. The van der Waals surface area contributed by atoms with E-state index in [1.54, 1.807) is 18.2 Å². The number of halogens is 2. The fourth-order valence-corrected chi connectivity index (χ4v) is 2.31. The molecule has 0 radical (unpaired) electrons. The molecular formula is C14H12BrClN2O. The quantitative estimate of drug-likeness (QED) is 0.890. The third-order valence-corrected chi connectivity index (χ3v) is 3.72. The Morgan fingerprint density at radius 2 is 2.00 bits per heavy atom. The molecule has 0 aliphatic carbocycles. The fraction of sp³-hybridized carbons (Fsp3) is 0.0714. The molecule has 0 bridgehead atoms. The first-order valence-corrected chi connectivity index (χ1v) is 6.81. The van der Waals surface area contributed by atoms with E-state index in [1.165, 1.54) is 0 Å². The maximum Gasteiger partial charge on any atom is 0.248 e. The van der Waals surface area contributed by atoms with Crippen LogP contribution < -0.4 is 11.1 Å². The van der Waals surface area contributed by atoms with Gasteiger partial charge in [0.2, 0.25) is 5.91 Å². The monoisotopic (exact) mass is 338 g/mol. The fourth-order valence-electron chi connectivity index (χ4n) is 1.64. The van der Waals surface area contributed by atoms with E-state index in [1.807, 2.05) is 24.3 Å². The van der Waals surface area contributed by atoms with E-state index in [9.17, 15) is 4.79 Å². The van der Waals surface area contributed by atoms with Crippen molar-refractivity contribution in [2.75, 3.05) is 5.32 Å². The van der Waals surface area contributed by atoms with Crippen LogP contribution in [0.3, 0.4) is 0 Å². The molecule has 3 nitrogen and oxygen atoms in total. The van der Waals surface area contributed by atoms with Gasteiger partial charge in [0, 0.05) is 27.3 Å². The first kappa shape index (κ1) is 13.9. The molecule has 2 aromatic rings. The van der Waals surface area contributed by atoms with Crippen molar-refractivity contribution in [3.8, 4) is 0 Å². The highest BCUT2D eigenvalue weighted by Gasteiger charge is 2.06. The van der Waals surface area contributed by atoms with Crippen LogP contribution in [0.15, 0.2) is 46.9 Å². The lowest BCUT2D eigenvalue weighted by molar-refractivity contribution is 0.100. The van der Waals surface area contributed by atoms with Gasteiger partial charge in [0.05, 0.1) is 0 Å². The Hall–Kier alpha value is -1.52. The summed E-state index contributed by atoms with van der Waals surface area (Å²) in [5.74, 6) is -0.479. The molecule has 2 rings (SSSR count). The summed E-state index contributed by atoms with van der Waals surface area (Å²) in [6.07, 6.45) is 0. The molecule has 2 aromatic carbocycles. The molecule has 0 fully saturated rings. The van der Waals surface area contributed by atoms with Crippen molar-refractivity contribution in [3.05, 3.63) is 63.1 Å². The number of carbonyl (C=O) groups excluding carboxylic acids is 1. The van der Waals surface area contributed by atoms with Gasteiger partial charge in [0.15, 0.2) is 0 Å². The summed E-state index contributed by atoms with van der Waals surface area (Å²) in [4.78, 5) is 11.0. The Morgan fingerprint density at radius 3 is 2.63 bits per heavy atom. The Bertz CT molecular complexity index is 616. The normalized spacial score (nSPS) is 10.2. The Labute approximate surface area is 124 Å². The summed E-state index contributed by atoms with van der Waals surface area (Å²) in [5, 5.41) is 3.80. The minimum atomic E-state index is -0.479. The van der Waals surface area contributed by atoms with E-state index >= 15 is 0 Å². The van der Waals surface area contributed by atoms with Crippen LogP contribution in [0.5, 0.6) is 0 Å². The van der Waals surface area contributed by atoms with E-state index in [2.05, 4.69) is 21.2 Å². The zero-order chi connectivity index (χ0) is 13.8. The van der Waals surface area contributed by atoms with E-state index in [0.717, 1.165) is 15.7 Å². The second-order valence-electron chi connectivity index (χ2n) is 4.00. The molecule has 1 amide bonds. The third-order valence-electron chi connectivity index (χ3n) is 2.68. The van der Waals surface area contributed by atoms with Gasteiger partial charge < -0.3 is 11.1 Å². The van der Waals surface area contributed by atoms with Crippen molar-refractivity contribution in [2.45, 2.75) is 6.54 Å². The number of rotatable bonds is 4. The zero-order valence-electron chi connectivity index (χ0n) is 9.99. The van der Waals surface area contributed by atoms with Gasteiger partial charge in [-0.25, -0.2) is 0 Å². The maximum atomic E-state index is 11.0. The smallest absolute Gasteiger partial charge is 0.248 e. The van der Waals surface area contributed by atoms with Gasteiger partial charge in [-0.1, -0.05) is 29.8 Å². The van der Waals surface area contributed by atoms with Crippen molar-refractivity contribution in [3.63, 3.8) is 0 Å². The number of anilines is 1. The molecule has 0 heterocycles. The average molecular weight is 340 g/mol. The number of primary amides is 1. The molecule has 5 heteroatoms. The SMILES string of the molecule is NC(=O)c1ccc(CNc2ccccc2Br)c(Cl)c1. The van der Waals surface area contributed by atoms with Crippen LogP contribution in [0.1, 0.15) is 15.9 Å². The number of nitrogens with one attached hydrogen (secondary N) is 1. The largest absolute Gasteiger partial charge is 0.380 e. The highest BCUT2D eigenvalue weighted by molar-refractivity contribution is 9.10. The predicted octanol–water partition coefficient (Wildman–Crippen LogP) is 3.81. The van der Waals surface area contributed by atoms with Crippen LogP contribution in [-0.4, -0.2) is 5.91 Å². The zero-order valence-corrected chi connectivity index (χ0v) is 12.3. The van der Waals surface area contributed by atoms with Gasteiger partial charge in [0.1, 0.15) is 0 Å². The summed E-state index contributed by atoms with van der Waals surface area (Å²) in [6, 6.07) is 12.9. The van der Waals surface area contributed by atoms with Crippen molar-refractivity contribution >= 4 is 39.1 Å². The van der Waals surface area contributed by atoms with Crippen LogP contribution in [0.4, 0.5) is 5.69 Å². The van der Waals surface area contributed by atoms with E-state index in [0.29, 0.717) is 17.1 Å². The number of nitrogens with two attached hydrogens (primary N) is 1. The minimum Gasteiger partial charge on any atom is -0.380 e. The number of hydrogen-bond donors (Lipinski definition) is 2. The van der Waals surface area contributed by atoms with E-state index in [4.69, 9.17) is 17.3 Å². The summed E-state index contributed by atoms with van der Waals surface area (Å²) >= 11 is 9.58. The summed E-state index contributed by atoms with van der Waals surface area (Å²) in [7, 11) is 0. The minimum absolute atomic E-state index is 0.412. The Balaban J connectivity index is 2.12. The molecule has 98 valence electrons.